The lowest BCUT2D eigenvalue weighted by atomic mass is 9.97. The van der Waals surface area contributed by atoms with E-state index in [0.29, 0.717) is 5.92 Å². The Hall–Kier alpha value is -1.55. The van der Waals surface area contributed by atoms with Gasteiger partial charge in [-0.2, -0.15) is 0 Å². The molecular weight excluding hydrogens is 529 g/mol. The van der Waals surface area contributed by atoms with Gasteiger partial charge in [-0.05, 0) is 76.6 Å². The maximum atomic E-state index is 12.2. The number of nitrogens with zero attached hydrogens (tertiary/aromatic N) is 3. The fraction of sp³-hybridized carbons (Fsp3) is 0.680. The van der Waals surface area contributed by atoms with Crippen molar-refractivity contribution >= 4 is 36.0 Å². The van der Waals surface area contributed by atoms with E-state index in [9.17, 15) is 4.79 Å². The van der Waals surface area contributed by atoms with Gasteiger partial charge < -0.3 is 20.3 Å². The molecule has 8 heteroatoms. The summed E-state index contributed by atoms with van der Waals surface area (Å²) in [4.78, 5) is 20.9. The van der Waals surface area contributed by atoms with Crippen LogP contribution in [0, 0.1) is 5.92 Å². The summed E-state index contributed by atoms with van der Waals surface area (Å²) in [5.74, 6) is 1.35. The predicted molar refractivity (Wildman–Crippen MR) is 145 cm³/mol. The maximum absolute atomic E-state index is 12.2. The molecule has 2 aliphatic heterocycles. The normalized spacial score (nSPS) is 18.1. The summed E-state index contributed by atoms with van der Waals surface area (Å²) >= 11 is 0. The van der Waals surface area contributed by atoms with Crippen molar-refractivity contribution in [1.29, 1.82) is 0 Å². The Morgan fingerprint density at radius 3 is 2.21 bits per heavy atom. The highest BCUT2D eigenvalue weighted by atomic mass is 127. The van der Waals surface area contributed by atoms with Crippen molar-refractivity contribution in [2.45, 2.75) is 65.1 Å². The molecule has 0 aromatic heterocycles. The zero-order chi connectivity index (χ0) is 23.0. The van der Waals surface area contributed by atoms with Crippen LogP contribution in [0.25, 0.3) is 0 Å². The van der Waals surface area contributed by atoms with Crippen LogP contribution < -0.4 is 10.6 Å². The Kier molecular flexibility index (Phi) is 11.2. The van der Waals surface area contributed by atoms with E-state index in [1.165, 1.54) is 37.1 Å². The molecule has 2 heterocycles. The number of ether oxygens (including phenoxy) is 1. The van der Waals surface area contributed by atoms with Crippen LogP contribution in [0.1, 0.15) is 57.6 Å². The second-order valence-corrected chi connectivity index (χ2v) is 10.0. The smallest absolute Gasteiger partial charge is 0.410 e. The number of hydrogen-bond acceptors (Lipinski definition) is 4. The lowest BCUT2D eigenvalue weighted by Gasteiger charge is -2.33. The SMILES string of the molecule is CN=C(NCc1ccc(CN2CCCC2)cc1)NCC1CCN(C(=O)OC(C)(C)C)CC1.I. The third-order valence-electron chi connectivity index (χ3n) is 6.14. The van der Waals surface area contributed by atoms with Crippen LogP contribution in [-0.4, -0.2) is 67.2 Å². The van der Waals surface area contributed by atoms with Crippen molar-refractivity contribution < 1.29 is 9.53 Å². The van der Waals surface area contributed by atoms with Gasteiger partial charge in [-0.15, -0.1) is 24.0 Å². The number of carbonyl (C=O) groups is 1. The molecule has 1 aromatic rings. The molecule has 0 unspecified atom stereocenters. The van der Waals surface area contributed by atoms with Gasteiger partial charge in [0.05, 0.1) is 0 Å². The molecular formula is C25H42IN5O2. The third kappa shape index (κ3) is 9.68. The lowest BCUT2D eigenvalue weighted by Crippen LogP contribution is -2.45. The fourth-order valence-electron chi connectivity index (χ4n) is 4.26. The van der Waals surface area contributed by atoms with E-state index in [2.05, 4.69) is 44.8 Å². The van der Waals surface area contributed by atoms with E-state index in [1.54, 1.807) is 7.05 Å². The van der Waals surface area contributed by atoms with Crippen molar-refractivity contribution in [1.82, 2.24) is 20.4 Å². The minimum Gasteiger partial charge on any atom is -0.444 e. The first-order valence-corrected chi connectivity index (χ1v) is 12.0. The van der Waals surface area contributed by atoms with Crippen molar-refractivity contribution in [3.05, 3.63) is 35.4 Å². The van der Waals surface area contributed by atoms with Gasteiger partial charge in [0, 0.05) is 39.8 Å². The zero-order valence-corrected chi connectivity index (χ0v) is 23.1. The van der Waals surface area contributed by atoms with Crippen LogP contribution in [0.2, 0.25) is 0 Å². The van der Waals surface area contributed by atoms with Gasteiger partial charge in [0.25, 0.3) is 0 Å². The molecule has 0 atom stereocenters. The molecule has 0 bridgehead atoms. The van der Waals surface area contributed by atoms with Crippen LogP contribution >= 0.6 is 24.0 Å². The highest BCUT2D eigenvalue weighted by molar-refractivity contribution is 14.0. The average Bonchev–Trinajstić information content (AvgIpc) is 3.27. The van der Waals surface area contributed by atoms with E-state index in [1.807, 2.05) is 25.7 Å². The quantitative estimate of drug-likeness (QED) is 0.304. The number of halogens is 1. The van der Waals surface area contributed by atoms with Crippen molar-refractivity contribution in [2.24, 2.45) is 10.9 Å². The second kappa shape index (κ2) is 13.4. The molecule has 186 valence electrons. The number of likely N-dealkylation sites (tertiary alicyclic amines) is 2. The molecule has 2 fully saturated rings. The standard InChI is InChI=1S/C25H41N5O2.HI/c1-25(2,3)32-24(31)30-15-11-21(12-16-30)18-28-23(26-4)27-17-20-7-9-22(10-8-20)19-29-13-5-6-14-29;/h7-10,21H,5-6,11-19H2,1-4H3,(H2,26,27,28);1H. The Labute approximate surface area is 216 Å². The maximum Gasteiger partial charge on any atom is 0.410 e. The van der Waals surface area contributed by atoms with Gasteiger partial charge in [0.2, 0.25) is 0 Å². The molecule has 2 saturated heterocycles. The van der Waals surface area contributed by atoms with Gasteiger partial charge in [-0.3, -0.25) is 9.89 Å². The van der Waals surface area contributed by atoms with Gasteiger partial charge in [0.15, 0.2) is 5.96 Å². The Morgan fingerprint density at radius 1 is 1.03 bits per heavy atom. The summed E-state index contributed by atoms with van der Waals surface area (Å²) in [5, 5.41) is 6.86. The fourth-order valence-corrected chi connectivity index (χ4v) is 4.26. The molecule has 1 aromatic carbocycles. The summed E-state index contributed by atoms with van der Waals surface area (Å²) in [7, 11) is 1.81. The van der Waals surface area contributed by atoms with Crippen LogP contribution in [0.4, 0.5) is 4.79 Å². The number of piperidine rings is 1. The van der Waals surface area contributed by atoms with Crippen molar-refractivity contribution in [2.75, 3.05) is 39.8 Å². The number of carbonyl (C=O) groups excluding carboxylic acids is 1. The number of guanidine groups is 1. The zero-order valence-electron chi connectivity index (χ0n) is 20.7. The summed E-state index contributed by atoms with van der Waals surface area (Å²) in [6.07, 6.45) is 4.41. The number of amides is 1. The molecule has 2 N–H and O–H groups in total. The summed E-state index contributed by atoms with van der Waals surface area (Å²) in [6, 6.07) is 8.89. The Balaban J connectivity index is 0.00000385. The Morgan fingerprint density at radius 2 is 1.64 bits per heavy atom. The van der Waals surface area contributed by atoms with Crippen LogP contribution in [0.3, 0.4) is 0 Å². The van der Waals surface area contributed by atoms with Crippen LogP contribution in [0.5, 0.6) is 0 Å². The molecule has 1 amide bonds. The molecule has 0 spiro atoms. The molecule has 2 aliphatic rings. The summed E-state index contributed by atoms with van der Waals surface area (Å²) in [6.45, 7) is 12.3. The number of nitrogens with one attached hydrogen (secondary N) is 2. The number of rotatable bonds is 6. The van der Waals surface area contributed by atoms with E-state index >= 15 is 0 Å². The minimum absolute atomic E-state index is 0. The Bertz CT molecular complexity index is 749. The monoisotopic (exact) mass is 571 g/mol. The van der Waals surface area contributed by atoms with Gasteiger partial charge >= 0.3 is 6.09 Å². The average molecular weight is 572 g/mol. The number of hydrogen-bond donors (Lipinski definition) is 2. The minimum atomic E-state index is -0.443. The summed E-state index contributed by atoms with van der Waals surface area (Å²) in [5.41, 5.74) is 2.20. The predicted octanol–water partition coefficient (Wildman–Crippen LogP) is 4.21. The van der Waals surface area contributed by atoms with Gasteiger partial charge in [0.1, 0.15) is 5.60 Å². The molecule has 7 nitrogen and oxygen atoms in total. The first kappa shape index (κ1) is 27.7. The number of aliphatic imine (C=N–C) groups is 1. The van der Waals surface area contributed by atoms with E-state index in [4.69, 9.17) is 4.74 Å². The second-order valence-electron chi connectivity index (χ2n) is 10.0. The molecule has 33 heavy (non-hydrogen) atoms. The first-order chi connectivity index (χ1) is 15.3. The van der Waals surface area contributed by atoms with Crippen LogP contribution in [-0.2, 0) is 17.8 Å². The molecule has 0 radical (unpaired) electrons. The van der Waals surface area contributed by atoms with E-state index in [-0.39, 0.29) is 30.1 Å². The van der Waals surface area contributed by atoms with E-state index in [0.717, 1.165) is 51.5 Å². The number of benzene rings is 1. The largest absolute Gasteiger partial charge is 0.444 e. The lowest BCUT2D eigenvalue weighted by molar-refractivity contribution is 0.0185. The van der Waals surface area contributed by atoms with Crippen molar-refractivity contribution in [3.63, 3.8) is 0 Å². The highest BCUT2D eigenvalue weighted by Crippen LogP contribution is 2.19. The molecule has 0 saturated carbocycles. The molecule has 0 aliphatic carbocycles. The van der Waals surface area contributed by atoms with Crippen molar-refractivity contribution in [3.8, 4) is 0 Å². The third-order valence-corrected chi connectivity index (χ3v) is 6.14. The topological polar surface area (TPSA) is 69.2 Å². The first-order valence-electron chi connectivity index (χ1n) is 12.0. The summed E-state index contributed by atoms with van der Waals surface area (Å²) < 4.78 is 5.48. The van der Waals surface area contributed by atoms with E-state index < -0.39 is 5.60 Å². The van der Waals surface area contributed by atoms with Gasteiger partial charge in [-0.1, -0.05) is 24.3 Å². The highest BCUT2D eigenvalue weighted by Gasteiger charge is 2.26. The van der Waals surface area contributed by atoms with Crippen LogP contribution in [0.15, 0.2) is 29.3 Å². The molecule has 3 rings (SSSR count). The van der Waals surface area contributed by atoms with Gasteiger partial charge in [-0.25, -0.2) is 4.79 Å².